The molecule has 3 rings (SSSR count). The molecule has 1 heterocycles. The van der Waals surface area contributed by atoms with Crippen molar-refractivity contribution in [3.63, 3.8) is 0 Å². The van der Waals surface area contributed by atoms with E-state index in [1.54, 1.807) is 18.2 Å². The van der Waals surface area contributed by atoms with Crippen LogP contribution in [0.5, 0.6) is 17.2 Å². The van der Waals surface area contributed by atoms with E-state index in [2.05, 4.69) is 0 Å². The third kappa shape index (κ3) is 3.54. The lowest BCUT2D eigenvalue weighted by molar-refractivity contribution is -0.113. The number of nitrogens with zero attached hydrogens (tertiary/aromatic N) is 1. The van der Waals surface area contributed by atoms with Gasteiger partial charge in [0.1, 0.15) is 5.75 Å². The van der Waals surface area contributed by atoms with Crippen molar-refractivity contribution in [3.05, 3.63) is 52.9 Å². The van der Waals surface area contributed by atoms with Crippen molar-refractivity contribution in [2.45, 2.75) is 6.92 Å². The van der Waals surface area contributed by atoms with Crippen LogP contribution in [0.2, 0.25) is 0 Å². The first-order valence-corrected chi connectivity index (χ1v) is 9.14. The van der Waals surface area contributed by atoms with E-state index >= 15 is 0 Å². The summed E-state index contributed by atoms with van der Waals surface area (Å²) in [6.45, 7) is 2.38. The molecule has 1 N–H and O–H groups in total. The molecular weight excluding hydrogens is 370 g/mol. The van der Waals surface area contributed by atoms with Crippen molar-refractivity contribution in [2.24, 2.45) is 0 Å². The molecule has 2 aromatic carbocycles. The number of ether oxygens (including phenoxy) is 2. The molecule has 0 spiro atoms. The molecule has 0 radical (unpaired) electrons. The van der Waals surface area contributed by atoms with Crippen LogP contribution in [0.4, 0.5) is 5.69 Å². The number of thiocarbonyl (C=S) groups is 1. The minimum absolute atomic E-state index is 0.0443. The number of benzene rings is 2. The third-order valence-corrected chi connectivity index (χ3v) is 5.00. The Labute approximate surface area is 161 Å². The number of rotatable bonds is 5. The predicted molar refractivity (Wildman–Crippen MR) is 108 cm³/mol. The quantitative estimate of drug-likeness (QED) is 0.613. The van der Waals surface area contributed by atoms with E-state index in [4.69, 9.17) is 21.7 Å². The van der Waals surface area contributed by atoms with Crippen LogP contribution in [0.15, 0.2) is 47.4 Å². The largest absolute Gasteiger partial charge is 0.504 e. The summed E-state index contributed by atoms with van der Waals surface area (Å²) in [5, 5.41) is 9.70. The molecule has 1 aliphatic rings. The molecule has 7 heteroatoms. The highest BCUT2D eigenvalue weighted by Crippen LogP contribution is 2.40. The Morgan fingerprint density at radius 3 is 2.73 bits per heavy atom. The second-order valence-corrected chi connectivity index (χ2v) is 7.02. The average Bonchev–Trinajstić information content (AvgIpc) is 2.91. The standard InChI is InChI=1S/C19H17NO4S2/c1-3-24-15-7-5-4-6-13(15)20-18(22)17(26-19(20)25)11-12-8-9-14(21)16(10-12)23-2/h4-11,21H,3H2,1-2H3. The monoisotopic (exact) mass is 387 g/mol. The summed E-state index contributed by atoms with van der Waals surface area (Å²) in [6, 6.07) is 12.2. The van der Waals surface area contributed by atoms with E-state index in [0.29, 0.717) is 33.0 Å². The summed E-state index contributed by atoms with van der Waals surface area (Å²) >= 11 is 6.64. The van der Waals surface area contributed by atoms with Crippen molar-refractivity contribution in [2.75, 3.05) is 18.6 Å². The molecule has 1 fully saturated rings. The number of aromatic hydroxyl groups is 1. The molecule has 134 valence electrons. The fourth-order valence-corrected chi connectivity index (χ4v) is 3.82. The normalized spacial score (nSPS) is 15.6. The number of hydrogen-bond acceptors (Lipinski definition) is 6. The van der Waals surface area contributed by atoms with Gasteiger partial charge in [-0.2, -0.15) is 0 Å². The molecule has 0 aromatic heterocycles. The maximum atomic E-state index is 12.9. The van der Waals surface area contributed by atoms with Gasteiger partial charge in [-0.05, 0) is 42.8 Å². The van der Waals surface area contributed by atoms with E-state index in [1.807, 2.05) is 31.2 Å². The van der Waals surface area contributed by atoms with Gasteiger partial charge in [-0.3, -0.25) is 9.69 Å². The highest BCUT2D eigenvalue weighted by atomic mass is 32.2. The lowest BCUT2D eigenvalue weighted by Gasteiger charge is -2.18. The van der Waals surface area contributed by atoms with Crippen LogP contribution in [-0.2, 0) is 4.79 Å². The van der Waals surface area contributed by atoms with Crippen molar-refractivity contribution >= 4 is 46.0 Å². The van der Waals surface area contributed by atoms with Gasteiger partial charge >= 0.3 is 0 Å². The van der Waals surface area contributed by atoms with Crippen molar-refractivity contribution in [1.29, 1.82) is 0 Å². The van der Waals surface area contributed by atoms with Gasteiger partial charge in [0.2, 0.25) is 0 Å². The van der Waals surface area contributed by atoms with Crippen LogP contribution in [-0.4, -0.2) is 29.1 Å². The first-order valence-electron chi connectivity index (χ1n) is 7.92. The summed E-state index contributed by atoms with van der Waals surface area (Å²) in [4.78, 5) is 14.9. The number of methoxy groups -OCH3 is 1. The van der Waals surface area contributed by atoms with Gasteiger partial charge in [-0.1, -0.05) is 42.2 Å². The summed E-state index contributed by atoms with van der Waals surface area (Å²) < 4.78 is 11.2. The highest BCUT2D eigenvalue weighted by Gasteiger charge is 2.34. The van der Waals surface area contributed by atoms with Gasteiger partial charge in [-0.15, -0.1) is 0 Å². The Balaban J connectivity index is 1.95. The first kappa shape index (κ1) is 18.3. The molecule has 1 saturated heterocycles. The van der Waals surface area contributed by atoms with Crippen molar-refractivity contribution < 1.29 is 19.4 Å². The lowest BCUT2D eigenvalue weighted by Crippen LogP contribution is -2.28. The number of carbonyl (C=O) groups excluding carboxylic acids is 1. The number of anilines is 1. The smallest absolute Gasteiger partial charge is 0.270 e. The van der Waals surface area contributed by atoms with Crippen molar-refractivity contribution in [3.8, 4) is 17.2 Å². The van der Waals surface area contributed by atoms with Crippen LogP contribution in [0.3, 0.4) is 0 Å². The van der Waals surface area contributed by atoms with E-state index in [0.717, 1.165) is 5.56 Å². The van der Waals surface area contributed by atoms with Crippen LogP contribution in [0.25, 0.3) is 6.08 Å². The van der Waals surface area contributed by atoms with Crippen LogP contribution in [0.1, 0.15) is 12.5 Å². The van der Waals surface area contributed by atoms with Gasteiger partial charge in [-0.25, -0.2) is 0 Å². The van der Waals surface area contributed by atoms with Gasteiger partial charge < -0.3 is 14.6 Å². The molecule has 0 aliphatic carbocycles. The maximum absolute atomic E-state index is 12.9. The molecule has 0 saturated carbocycles. The Bertz CT molecular complexity index is 895. The zero-order valence-corrected chi connectivity index (χ0v) is 15.9. The number of hydrogen-bond donors (Lipinski definition) is 1. The maximum Gasteiger partial charge on any atom is 0.270 e. The summed E-state index contributed by atoms with van der Waals surface area (Å²) in [5.41, 5.74) is 1.36. The Morgan fingerprint density at radius 1 is 1.23 bits per heavy atom. The van der Waals surface area contributed by atoms with Gasteiger partial charge in [0.05, 0.1) is 24.3 Å². The lowest BCUT2D eigenvalue weighted by atomic mass is 10.2. The number of phenols is 1. The van der Waals surface area contributed by atoms with Gasteiger partial charge in [0.25, 0.3) is 5.91 Å². The SMILES string of the molecule is CCOc1ccccc1N1C(=O)C(=Cc2ccc(O)c(OC)c2)SC1=S. The molecule has 26 heavy (non-hydrogen) atoms. The van der Waals surface area contributed by atoms with Crippen LogP contribution < -0.4 is 14.4 Å². The molecule has 0 atom stereocenters. The minimum atomic E-state index is -0.209. The number of amides is 1. The molecule has 1 amide bonds. The highest BCUT2D eigenvalue weighted by molar-refractivity contribution is 8.27. The predicted octanol–water partition coefficient (Wildman–Crippen LogP) is 4.21. The second kappa shape index (κ2) is 7.80. The van der Waals surface area contributed by atoms with Gasteiger partial charge in [0, 0.05) is 0 Å². The van der Waals surface area contributed by atoms with Crippen LogP contribution >= 0.6 is 24.0 Å². The van der Waals surface area contributed by atoms with E-state index in [1.165, 1.54) is 29.8 Å². The molecule has 2 aromatic rings. The van der Waals surface area contributed by atoms with Gasteiger partial charge in [0.15, 0.2) is 15.8 Å². The zero-order valence-electron chi connectivity index (χ0n) is 14.3. The third-order valence-electron chi connectivity index (χ3n) is 3.70. The second-order valence-electron chi connectivity index (χ2n) is 5.35. The van der Waals surface area contributed by atoms with E-state index in [9.17, 15) is 9.90 Å². The summed E-state index contributed by atoms with van der Waals surface area (Å²) in [5.74, 6) is 0.789. The average molecular weight is 387 g/mol. The Morgan fingerprint density at radius 2 is 2.00 bits per heavy atom. The Kier molecular flexibility index (Phi) is 5.49. The topological polar surface area (TPSA) is 59.0 Å². The zero-order chi connectivity index (χ0) is 18.7. The molecule has 1 aliphatic heterocycles. The summed E-state index contributed by atoms with van der Waals surface area (Å²) in [6.07, 6.45) is 1.73. The number of para-hydroxylation sites is 2. The fourth-order valence-electron chi connectivity index (χ4n) is 2.53. The minimum Gasteiger partial charge on any atom is -0.504 e. The molecule has 0 unspecified atom stereocenters. The summed E-state index contributed by atoms with van der Waals surface area (Å²) in [7, 11) is 1.48. The molecule has 5 nitrogen and oxygen atoms in total. The molecular formula is C19H17NO4S2. The Hall–Kier alpha value is -2.51. The van der Waals surface area contributed by atoms with E-state index in [-0.39, 0.29) is 11.7 Å². The number of carbonyl (C=O) groups is 1. The van der Waals surface area contributed by atoms with Crippen molar-refractivity contribution in [1.82, 2.24) is 0 Å². The fraction of sp³-hybridized carbons (Fsp3) is 0.158. The van der Waals surface area contributed by atoms with E-state index < -0.39 is 0 Å². The number of phenolic OH excluding ortho intramolecular Hbond substituents is 1. The first-order chi connectivity index (χ1) is 12.5. The number of thioether (sulfide) groups is 1. The van der Waals surface area contributed by atoms with Crippen LogP contribution in [0, 0.1) is 0 Å². The molecule has 0 bridgehead atoms.